The molecular weight excluding hydrogens is 192 g/mol. The first-order valence-electron chi connectivity index (χ1n) is 6.08. The first-order valence-corrected chi connectivity index (χ1v) is 6.08. The molecule has 0 radical (unpaired) electrons. The van der Waals surface area contributed by atoms with Crippen molar-refractivity contribution in [3.05, 3.63) is 71.3 Å². The highest BCUT2D eigenvalue weighted by molar-refractivity contribution is 5.48. The fraction of sp³-hybridized carbons (Fsp3) is 0.250. The van der Waals surface area contributed by atoms with E-state index >= 15 is 0 Å². The van der Waals surface area contributed by atoms with E-state index in [9.17, 15) is 0 Å². The maximum Gasteiger partial charge on any atom is -0.00498 e. The first kappa shape index (κ1) is 8.58. The van der Waals surface area contributed by atoms with Crippen LogP contribution in [-0.4, -0.2) is 0 Å². The summed E-state index contributed by atoms with van der Waals surface area (Å²) in [5, 5.41) is 0. The fourth-order valence-corrected chi connectivity index (χ4v) is 3.48. The molecule has 4 rings (SSSR count). The second-order valence-electron chi connectivity index (χ2n) is 5.03. The molecule has 0 heterocycles. The zero-order valence-corrected chi connectivity index (χ0v) is 9.14. The van der Waals surface area contributed by atoms with E-state index in [1.165, 1.54) is 12.0 Å². The van der Waals surface area contributed by atoms with Gasteiger partial charge in [0.1, 0.15) is 0 Å². The van der Waals surface area contributed by atoms with Gasteiger partial charge in [-0.05, 0) is 40.9 Å². The number of fused-ring (bicyclic) bond motifs is 3. The molecule has 2 aliphatic carbocycles. The minimum atomic E-state index is 0.802. The predicted molar refractivity (Wildman–Crippen MR) is 65.6 cm³/mol. The topological polar surface area (TPSA) is 0 Å². The largest absolute Gasteiger partial charge is 0.0622 e. The summed E-state index contributed by atoms with van der Waals surface area (Å²) in [4.78, 5) is 0. The number of hydrogen-bond acceptors (Lipinski definition) is 0. The highest BCUT2D eigenvalue weighted by atomic mass is 14.6. The van der Waals surface area contributed by atoms with Crippen molar-refractivity contribution in [1.29, 1.82) is 0 Å². The lowest BCUT2D eigenvalue weighted by atomic mass is 9.98. The molecule has 3 atom stereocenters. The van der Waals surface area contributed by atoms with Gasteiger partial charge in [0.15, 0.2) is 0 Å². The van der Waals surface area contributed by atoms with Crippen molar-refractivity contribution in [2.24, 2.45) is 5.92 Å². The number of benzene rings is 2. The Morgan fingerprint density at radius 3 is 2.38 bits per heavy atom. The monoisotopic (exact) mass is 206 g/mol. The van der Waals surface area contributed by atoms with Gasteiger partial charge < -0.3 is 0 Å². The van der Waals surface area contributed by atoms with Crippen LogP contribution in [0.5, 0.6) is 0 Å². The van der Waals surface area contributed by atoms with Gasteiger partial charge in [0.25, 0.3) is 0 Å². The second-order valence-corrected chi connectivity index (χ2v) is 5.03. The third-order valence-electron chi connectivity index (χ3n) is 4.22. The van der Waals surface area contributed by atoms with Gasteiger partial charge in [-0.15, -0.1) is 0 Å². The Hall–Kier alpha value is -1.56. The van der Waals surface area contributed by atoms with Gasteiger partial charge in [-0.3, -0.25) is 0 Å². The summed E-state index contributed by atoms with van der Waals surface area (Å²) in [6, 6.07) is 20.0. The maximum absolute atomic E-state index is 2.32. The Kier molecular flexibility index (Phi) is 1.59. The third-order valence-corrected chi connectivity index (χ3v) is 4.22. The number of rotatable bonds is 1. The molecule has 1 saturated carbocycles. The van der Waals surface area contributed by atoms with E-state index in [-0.39, 0.29) is 0 Å². The zero-order valence-electron chi connectivity index (χ0n) is 9.14. The van der Waals surface area contributed by atoms with E-state index in [0.29, 0.717) is 0 Å². The summed E-state index contributed by atoms with van der Waals surface area (Å²) < 4.78 is 0. The minimum Gasteiger partial charge on any atom is -0.0622 e. The van der Waals surface area contributed by atoms with Crippen molar-refractivity contribution in [3.8, 4) is 0 Å². The molecule has 0 aromatic heterocycles. The summed E-state index contributed by atoms with van der Waals surface area (Å²) in [6.45, 7) is 0. The van der Waals surface area contributed by atoms with E-state index in [2.05, 4.69) is 54.6 Å². The Morgan fingerprint density at radius 2 is 1.50 bits per heavy atom. The van der Waals surface area contributed by atoms with Crippen LogP contribution in [0.2, 0.25) is 0 Å². The van der Waals surface area contributed by atoms with Crippen molar-refractivity contribution >= 4 is 0 Å². The van der Waals surface area contributed by atoms with Crippen LogP contribution in [0.15, 0.2) is 54.6 Å². The van der Waals surface area contributed by atoms with Crippen molar-refractivity contribution in [1.82, 2.24) is 0 Å². The van der Waals surface area contributed by atoms with Gasteiger partial charge in [0.2, 0.25) is 0 Å². The van der Waals surface area contributed by atoms with Crippen LogP contribution < -0.4 is 0 Å². The quantitative estimate of drug-likeness (QED) is 0.666. The van der Waals surface area contributed by atoms with Crippen LogP contribution >= 0.6 is 0 Å². The van der Waals surface area contributed by atoms with Gasteiger partial charge in [0, 0.05) is 0 Å². The summed E-state index contributed by atoms with van der Waals surface area (Å²) in [5.41, 5.74) is 4.73. The standard InChI is InChI=1S/C16H14/c1-2-6-11(7-3-1)15-14-10-12-8-4-5-9-13(12)16(14)15/h1-9,14-16H,10H2/t14-,15-,16-/m1/s1. The average molecular weight is 206 g/mol. The fourth-order valence-electron chi connectivity index (χ4n) is 3.48. The third kappa shape index (κ3) is 1.05. The van der Waals surface area contributed by atoms with Crippen molar-refractivity contribution in [3.63, 3.8) is 0 Å². The molecule has 2 aromatic rings. The molecule has 0 bridgehead atoms. The van der Waals surface area contributed by atoms with Crippen LogP contribution in [0, 0.1) is 5.92 Å². The lowest BCUT2D eigenvalue weighted by molar-refractivity contribution is 0.813. The van der Waals surface area contributed by atoms with Gasteiger partial charge in [0.05, 0.1) is 0 Å². The Labute approximate surface area is 95.9 Å². The van der Waals surface area contributed by atoms with Crippen LogP contribution in [-0.2, 0) is 6.42 Å². The minimum absolute atomic E-state index is 0.802. The molecule has 16 heavy (non-hydrogen) atoms. The van der Waals surface area contributed by atoms with E-state index in [1.807, 2.05) is 0 Å². The molecule has 78 valence electrons. The summed E-state index contributed by atoms with van der Waals surface area (Å²) in [5.74, 6) is 2.51. The Morgan fingerprint density at radius 1 is 0.750 bits per heavy atom. The Bertz CT molecular complexity index is 523. The van der Waals surface area contributed by atoms with Crippen molar-refractivity contribution in [2.45, 2.75) is 18.3 Å². The van der Waals surface area contributed by atoms with Gasteiger partial charge in [-0.1, -0.05) is 54.6 Å². The molecule has 0 aliphatic heterocycles. The first-order chi connectivity index (χ1) is 7.95. The van der Waals surface area contributed by atoms with E-state index in [0.717, 1.165) is 17.8 Å². The van der Waals surface area contributed by atoms with Gasteiger partial charge in [-0.2, -0.15) is 0 Å². The second kappa shape index (κ2) is 2.98. The lowest BCUT2D eigenvalue weighted by Crippen LogP contribution is -1.92. The van der Waals surface area contributed by atoms with Gasteiger partial charge >= 0.3 is 0 Å². The Balaban J connectivity index is 1.72. The molecular formula is C16H14. The SMILES string of the molecule is c1ccc([C@@H]2[C@H]3Cc4ccccc4[C@H]32)cc1. The highest BCUT2D eigenvalue weighted by Crippen LogP contribution is 2.66. The molecule has 2 aliphatic rings. The zero-order chi connectivity index (χ0) is 10.5. The van der Waals surface area contributed by atoms with Gasteiger partial charge in [-0.25, -0.2) is 0 Å². The van der Waals surface area contributed by atoms with Crippen LogP contribution in [0.1, 0.15) is 28.5 Å². The van der Waals surface area contributed by atoms with Crippen molar-refractivity contribution in [2.75, 3.05) is 0 Å². The van der Waals surface area contributed by atoms with E-state index < -0.39 is 0 Å². The average Bonchev–Trinajstić information content (AvgIpc) is 2.94. The molecule has 0 saturated heterocycles. The molecule has 0 N–H and O–H groups in total. The highest BCUT2D eigenvalue weighted by Gasteiger charge is 2.55. The normalized spacial score (nSPS) is 29.6. The van der Waals surface area contributed by atoms with Crippen LogP contribution in [0.4, 0.5) is 0 Å². The lowest BCUT2D eigenvalue weighted by Gasteiger charge is -2.07. The molecule has 0 amide bonds. The molecule has 2 aromatic carbocycles. The number of hydrogen-bond donors (Lipinski definition) is 0. The molecule has 0 nitrogen and oxygen atoms in total. The van der Waals surface area contributed by atoms with Crippen molar-refractivity contribution < 1.29 is 0 Å². The van der Waals surface area contributed by atoms with Crippen LogP contribution in [0.3, 0.4) is 0 Å². The maximum atomic E-state index is 2.32. The molecule has 1 fully saturated rings. The predicted octanol–water partition coefficient (Wildman–Crippen LogP) is 3.74. The molecule has 0 unspecified atom stereocenters. The van der Waals surface area contributed by atoms with E-state index in [1.54, 1.807) is 11.1 Å². The summed E-state index contributed by atoms with van der Waals surface area (Å²) >= 11 is 0. The summed E-state index contributed by atoms with van der Waals surface area (Å²) in [7, 11) is 0. The summed E-state index contributed by atoms with van der Waals surface area (Å²) in [6.07, 6.45) is 1.29. The molecule has 0 spiro atoms. The van der Waals surface area contributed by atoms with E-state index in [4.69, 9.17) is 0 Å². The molecule has 0 heteroatoms. The smallest absolute Gasteiger partial charge is 0.00498 e. The van der Waals surface area contributed by atoms with Crippen LogP contribution in [0.25, 0.3) is 0 Å².